The van der Waals surface area contributed by atoms with Gasteiger partial charge in [-0.3, -0.25) is 43.9 Å². The Kier molecular flexibility index (Phi) is 12.6. The fourth-order valence-corrected chi connectivity index (χ4v) is 7.57. The average Bonchev–Trinajstić information content (AvgIpc) is 3.93. The van der Waals surface area contributed by atoms with Crippen LogP contribution < -0.4 is 31.1 Å². The molecule has 18 nitrogen and oxygen atoms in total. The Hall–Kier alpha value is -6.56. The number of pyridine rings is 2. The topological polar surface area (TPSA) is 217 Å². The van der Waals surface area contributed by atoms with Gasteiger partial charge in [0, 0.05) is 69.9 Å². The Morgan fingerprint density at radius 3 is 2.55 bits per heavy atom. The van der Waals surface area contributed by atoms with E-state index in [0.717, 1.165) is 29.0 Å². The summed E-state index contributed by atoms with van der Waals surface area (Å²) in [6.45, 7) is 8.97. The van der Waals surface area contributed by atoms with Crippen molar-refractivity contribution >= 4 is 52.8 Å². The van der Waals surface area contributed by atoms with E-state index >= 15 is 0 Å². The lowest BCUT2D eigenvalue weighted by molar-refractivity contribution is -0.136. The number of imide groups is 2. The van der Waals surface area contributed by atoms with Gasteiger partial charge in [-0.15, -0.1) is 10.2 Å². The number of nitrogens with zero attached hydrogens (tertiary/aromatic N) is 8. The van der Waals surface area contributed by atoms with Crippen molar-refractivity contribution in [2.24, 2.45) is 0 Å². The van der Waals surface area contributed by atoms with Crippen LogP contribution in [-0.2, 0) is 34.0 Å². The molecule has 1 fully saturated rings. The number of amides is 6. The van der Waals surface area contributed by atoms with Crippen molar-refractivity contribution < 1.29 is 28.8 Å². The predicted octanol–water partition coefficient (Wildman–Crippen LogP) is 3.04. The molecule has 18 heteroatoms. The molecule has 4 N–H and O–H groups in total. The normalized spacial score (nSPS) is 16.1. The van der Waals surface area contributed by atoms with Gasteiger partial charge in [0.15, 0.2) is 5.82 Å². The van der Waals surface area contributed by atoms with Crippen LogP contribution >= 0.6 is 0 Å². The van der Waals surface area contributed by atoms with Crippen molar-refractivity contribution in [3.8, 4) is 11.5 Å². The van der Waals surface area contributed by atoms with Gasteiger partial charge in [-0.05, 0) is 70.4 Å². The van der Waals surface area contributed by atoms with Crippen molar-refractivity contribution in [1.29, 1.82) is 0 Å². The first-order valence-corrected chi connectivity index (χ1v) is 20.4. The number of aryl methyl sites for hydroxylation is 1. The number of hydrogen-bond acceptors (Lipinski definition) is 13. The largest absolute Gasteiger partial charge is 0.384 e. The van der Waals surface area contributed by atoms with E-state index in [1.165, 1.54) is 0 Å². The highest BCUT2D eigenvalue weighted by atomic mass is 16.2. The summed E-state index contributed by atoms with van der Waals surface area (Å²) in [6.07, 6.45) is 4.32. The van der Waals surface area contributed by atoms with Crippen molar-refractivity contribution in [1.82, 2.24) is 45.6 Å². The summed E-state index contributed by atoms with van der Waals surface area (Å²) in [5.74, 6) is -0.536. The summed E-state index contributed by atoms with van der Waals surface area (Å²) in [5.41, 5.74) is 3.76. The highest BCUT2D eigenvalue weighted by Gasteiger charge is 2.45. The van der Waals surface area contributed by atoms with Gasteiger partial charge in [-0.1, -0.05) is 18.6 Å². The Morgan fingerprint density at radius 1 is 0.950 bits per heavy atom. The molecule has 60 heavy (non-hydrogen) atoms. The zero-order chi connectivity index (χ0) is 42.5. The molecule has 3 aliphatic rings. The van der Waals surface area contributed by atoms with E-state index in [1.807, 2.05) is 47.7 Å². The molecular formula is C42H50N12O6. The molecule has 7 rings (SSSR count). The van der Waals surface area contributed by atoms with E-state index in [4.69, 9.17) is 9.97 Å². The number of carbonyl (C=O) groups is 6. The fourth-order valence-electron chi connectivity index (χ4n) is 7.57. The number of hydrogen-bond donors (Lipinski definition) is 4. The van der Waals surface area contributed by atoms with E-state index in [9.17, 15) is 28.8 Å². The van der Waals surface area contributed by atoms with E-state index < -0.39 is 29.7 Å². The minimum absolute atomic E-state index is 0.0565. The third-order valence-corrected chi connectivity index (χ3v) is 11.1. The number of anilines is 3. The van der Waals surface area contributed by atoms with Crippen molar-refractivity contribution in [2.45, 2.75) is 91.0 Å². The minimum Gasteiger partial charge on any atom is -0.384 e. The molecule has 1 atom stereocenters. The van der Waals surface area contributed by atoms with Crippen molar-refractivity contribution in [2.75, 3.05) is 41.8 Å². The lowest BCUT2D eigenvalue weighted by Crippen LogP contribution is -2.54. The van der Waals surface area contributed by atoms with Crippen LogP contribution in [0, 0.1) is 0 Å². The monoisotopic (exact) mass is 818 g/mol. The van der Waals surface area contributed by atoms with E-state index in [2.05, 4.69) is 45.3 Å². The first-order chi connectivity index (χ1) is 29.0. The average molecular weight is 819 g/mol. The molecule has 0 radical (unpaired) electrons. The number of aromatic nitrogens is 5. The summed E-state index contributed by atoms with van der Waals surface area (Å²) in [7, 11) is 1.95. The highest BCUT2D eigenvalue weighted by Crippen LogP contribution is 2.34. The van der Waals surface area contributed by atoms with Gasteiger partial charge in [0.05, 0.1) is 28.9 Å². The first kappa shape index (κ1) is 41.6. The Balaban J connectivity index is 0.865. The molecule has 3 aliphatic heterocycles. The number of piperidine rings is 1. The summed E-state index contributed by atoms with van der Waals surface area (Å²) < 4.78 is 1.90. The van der Waals surface area contributed by atoms with Crippen molar-refractivity contribution in [3.63, 3.8) is 0 Å². The van der Waals surface area contributed by atoms with E-state index in [1.54, 1.807) is 29.4 Å². The molecule has 0 saturated carbocycles. The van der Waals surface area contributed by atoms with Crippen LogP contribution in [0.1, 0.15) is 102 Å². The van der Waals surface area contributed by atoms with Crippen LogP contribution in [0.25, 0.3) is 11.5 Å². The number of nitrogens with one attached hydrogen (secondary N) is 4. The lowest BCUT2D eigenvalue weighted by Gasteiger charge is -2.27. The smallest absolute Gasteiger partial charge is 0.264 e. The molecule has 1 aromatic carbocycles. The number of carbonyl (C=O) groups excluding carboxylic acids is 6. The Morgan fingerprint density at radius 2 is 1.77 bits per heavy atom. The summed E-state index contributed by atoms with van der Waals surface area (Å²) in [6, 6.07) is 11.5. The maximum Gasteiger partial charge on any atom is 0.264 e. The second-order valence-electron chi connectivity index (χ2n) is 15.3. The first-order valence-electron chi connectivity index (χ1n) is 20.4. The summed E-state index contributed by atoms with van der Waals surface area (Å²) in [4.78, 5) is 91.4. The Bertz CT molecular complexity index is 2330. The molecule has 0 bridgehead atoms. The van der Waals surface area contributed by atoms with Gasteiger partial charge in [0.25, 0.3) is 17.7 Å². The molecule has 4 aromatic rings. The van der Waals surface area contributed by atoms with Crippen LogP contribution in [0.3, 0.4) is 0 Å². The lowest BCUT2D eigenvalue weighted by atomic mass is 10.0. The fraction of sp³-hybridized carbons (Fsp3) is 0.429. The zero-order valence-electron chi connectivity index (χ0n) is 34.3. The third kappa shape index (κ3) is 8.59. The van der Waals surface area contributed by atoms with Gasteiger partial charge in [-0.2, -0.15) is 0 Å². The molecule has 1 unspecified atom stereocenters. The molecular weight excluding hydrogens is 769 g/mol. The molecule has 3 aromatic heterocycles. The Labute approximate surface area is 347 Å². The third-order valence-electron chi connectivity index (χ3n) is 11.1. The second kappa shape index (κ2) is 18.1. The minimum atomic E-state index is -1.02. The predicted molar refractivity (Wildman–Crippen MR) is 222 cm³/mol. The summed E-state index contributed by atoms with van der Waals surface area (Å²) in [5, 5.41) is 20.1. The molecule has 0 spiro atoms. The quantitative estimate of drug-likeness (QED) is 0.0840. The number of benzene rings is 1. The SMILES string of the molecule is CCn1cnnc1-c1cccc(N2Cc3c(cc(N(C)C(C)C)nc3CNCCNC(=O)CCCCCNc3cccc4c3C(=O)N(C3CCC(=O)NC3=O)C4=O)C2=O)n1. The van der Waals surface area contributed by atoms with Crippen LogP contribution in [0.2, 0.25) is 0 Å². The highest BCUT2D eigenvalue weighted by molar-refractivity contribution is 6.25. The number of fused-ring (bicyclic) bond motifs is 2. The van der Waals surface area contributed by atoms with E-state index in [0.29, 0.717) is 86.5 Å². The van der Waals surface area contributed by atoms with Crippen molar-refractivity contribution in [3.05, 3.63) is 76.7 Å². The van der Waals surface area contributed by atoms with Gasteiger partial charge < -0.3 is 25.4 Å². The molecule has 0 aliphatic carbocycles. The molecule has 314 valence electrons. The molecule has 6 amide bonds. The standard InChI is InChI=1S/C42H50N12O6/c1-5-52-24-46-50-38(52)30-13-10-14-33(47-30)53-23-28-27(40(53)58)21-34(51(4)25(2)3)48-31(28)22-43-19-20-45-35(55)15-7-6-8-18-44-29-12-9-11-26-37(29)42(60)54(41(26)59)32-16-17-36(56)49-39(32)57/h9-14,21,24-25,32,43-44H,5-8,15-20,22-23H2,1-4H3,(H,45,55)(H,49,56,57). The van der Waals surface area contributed by atoms with Crippen LogP contribution in [0.5, 0.6) is 0 Å². The van der Waals surface area contributed by atoms with Gasteiger partial charge in [0.1, 0.15) is 29.7 Å². The number of unbranched alkanes of at least 4 members (excludes halogenated alkanes) is 2. The van der Waals surface area contributed by atoms with Crippen LogP contribution in [0.4, 0.5) is 17.3 Å². The number of rotatable bonds is 18. The molecule has 1 saturated heterocycles. The zero-order valence-corrected chi connectivity index (χ0v) is 34.3. The maximum atomic E-state index is 13.9. The van der Waals surface area contributed by atoms with Crippen LogP contribution in [-0.4, -0.2) is 104 Å². The maximum absolute atomic E-state index is 13.9. The van der Waals surface area contributed by atoms with E-state index in [-0.39, 0.29) is 41.8 Å². The van der Waals surface area contributed by atoms with Gasteiger partial charge in [0.2, 0.25) is 17.7 Å². The summed E-state index contributed by atoms with van der Waals surface area (Å²) >= 11 is 0. The second-order valence-corrected chi connectivity index (χ2v) is 15.3. The van der Waals surface area contributed by atoms with Crippen LogP contribution in [0.15, 0.2) is 48.8 Å². The van der Waals surface area contributed by atoms with Gasteiger partial charge in [-0.25, -0.2) is 9.97 Å². The van der Waals surface area contributed by atoms with Gasteiger partial charge >= 0.3 is 0 Å². The molecule has 6 heterocycles.